The van der Waals surface area contributed by atoms with Crippen LogP contribution < -0.4 is 8.81 Å². The number of hydrogen-bond donors (Lipinski definition) is 2. The van der Waals surface area contributed by atoms with Crippen LogP contribution in [-0.4, -0.2) is 17.0 Å². The second-order valence-corrected chi connectivity index (χ2v) is 8.17. The van der Waals surface area contributed by atoms with Crippen molar-refractivity contribution in [3.05, 3.63) is 23.8 Å². The molecule has 15 heavy (non-hydrogen) atoms. The number of anilines is 1. The van der Waals surface area contributed by atoms with Crippen molar-refractivity contribution in [2.24, 2.45) is 0 Å². The van der Waals surface area contributed by atoms with Gasteiger partial charge >= 0.3 is 99.5 Å². The van der Waals surface area contributed by atoms with E-state index in [9.17, 15) is 9.59 Å². The molecule has 0 aliphatic carbocycles. The summed E-state index contributed by atoms with van der Waals surface area (Å²) >= 11 is -2.13. The Kier molecular flexibility index (Phi) is 4.08. The SMILES string of the molecule is CC(=O)[O][Hg][c]1cccc(N)c1C(=O)O. The number of nitrogens with two attached hydrogens (primary N) is 1. The van der Waals surface area contributed by atoms with Crippen LogP contribution in [-0.2, 0) is 32.5 Å². The van der Waals surface area contributed by atoms with Gasteiger partial charge in [-0.1, -0.05) is 0 Å². The predicted octanol–water partition coefficient (Wildman–Crippen LogP) is 0.153. The fourth-order valence-electron chi connectivity index (χ4n) is 1.18. The van der Waals surface area contributed by atoms with E-state index in [4.69, 9.17) is 13.5 Å². The molecule has 0 aliphatic heterocycles. The summed E-state index contributed by atoms with van der Waals surface area (Å²) in [6, 6.07) is 4.85. The van der Waals surface area contributed by atoms with E-state index in [0.717, 1.165) is 0 Å². The first-order valence-electron chi connectivity index (χ1n) is 4.26. The maximum atomic E-state index is 10.9. The Balaban J connectivity index is 3.01. The summed E-state index contributed by atoms with van der Waals surface area (Å²) in [6.07, 6.45) is 0. The van der Waals surface area contributed by atoms with E-state index in [-0.39, 0.29) is 17.2 Å². The molecular formula is C9H9HgNO4. The third kappa shape index (κ3) is 3.19. The first-order chi connectivity index (χ1) is 7.02. The number of carbonyl (C=O) groups excluding carboxylic acids is 1. The number of benzene rings is 1. The Morgan fingerprint density at radius 3 is 2.67 bits per heavy atom. The van der Waals surface area contributed by atoms with E-state index >= 15 is 0 Å². The normalized spacial score (nSPS) is 9.13. The Labute approximate surface area is 99.3 Å². The quantitative estimate of drug-likeness (QED) is 0.562. The second-order valence-electron chi connectivity index (χ2n) is 2.97. The maximum absolute atomic E-state index is 10.9. The number of rotatable bonds is 3. The van der Waals surface area contributed by atoms with E-state index in [1.807, 2.05) is 0 Å². The summed E-state index contributed by atoms with van der Waals surface area (Å²) in [5, 5.41) is 8.93. The van der Waals surface area contributed by atoms with Gasteiger partial charge in [0.1, 0.15) is 0 Å². The molecule has 6 heteroatoms. The Hall–Kier alpha value is -1.10. The first kappa shape index (κ1) is 12.0. The summed E-state index contributed by atoms with van der Waals surface area (Å²) in [5.41, 5.74) is 5.84. The van der Waals surface area contributed by atoms with Crippen molar-refractivity contribution in [2.45, 2.75) is 6.92 Å². The van der Waals surface area contributed by atoms with Crippen molar-refractivity contribution in [3.8, 4) is 0 Å². The fourth-order valence-corrected chi connectivity index (χ4v) is 5.42. The minimum absolute atomic E-state index is 0.0837. The summed E-state index contributed by atoms with van der Waals surface area (Å²) < 4.78 is 5.55. The van der Waals surface area contributed by atoms with Crippen LogP contribution in [0, 0.1) is 0 Å². The Morgan fingerprint density at radius 2 is 2.13 bits per heavy atom. The number of hydrogen-bond acceptors (Lipinski definition) is 4. The van der Waals surface area contributed by atoms with E-state index in [2.05, 4.69) is 0 Å². The first-order valence-corrected chi connectivity index (χ1v) is 9.25. The van der Waals surface area contributed by atoms with Crippen LogP contribution in [0.4, 0.5) is 5.69 Å². The summed E-state index contributed by atoms with van der Waals surface area (Å²) in [7, 11) is 0. The molecule has 0 heterocycles. The van der Waals surface area contributed by atoms with Gasteiger partial charge in [0.2, 0.25) is 0 Å². The molecule has 1 aromatic rings. The summed E-state index contributed by atoms with van der Waals surface area (Å²) in [4.78, 5) is 21.5. The van der Waals surface area contributed by atoms with Crippen LogP contribution in [0.1, 0.15) is 17.3 Å². The van der Waals surface area contributed by atoms with Crippen molar-refractivity contribution in [1.29, 1.82) is 0 Å². The third-order valence-corrected chi connectivity index (χ3v) is 7.47. The van der Waals surface area contributed by atoms with Gasteiger partial charge in [0.15, 0.2) is 0 Å². The molecule has 1 aromatic carbocycles. The van der Waals surface area contributed by atoms with Crippen LogP contribution in [0.15, 0.2) is 18.2 Å². The number of carbonyl (C=O) groups is 2. The van der Waals surface area contributed by atoms with Crippen molar-refractivity contribution in [2.75, 3.05) is 5.73 Å². The van der Waals surface area contributed by atoms with Crippen LogP contribution in [0.5, 0.6) is 0 Å². The molecule has 0 aromatic heterocycles. The Morgan fingerprint density at radius 1 is 1.47 bits per heavy atom. The second kappa shape index (κ2) is 5.11. The number of aromatic carboxylic acids is 1. The van der Waals surface area contributed by atoms with Crippen molar-refractivity contribution >= 4 is 20.7 Å². The van der Waals surface area contributed by atoms with E-state index in [0.29, 0.717) is 3.07 Å². The molecule has 0 atom stereocenters. The monoisotopic (exact) mass is 397 g/mol. The molecule has 0 saturated heterocycles. The molecular weight excluding hydrogens is 387 g/mol. The molecule has 3 N–H and O–H groups in total. The summed E-state index contributed by atoms with van der Waals surface area (Å²) in [5.74, 6) is -1.44. The standard InChI is InChI=1S/C7H6NO2.C2H4O2.Hg/c8-6-4-2-1-3-5(6)7(9)10;1-2(3)4;/h1-2,4H,8H2,(H,9,10);1H3,(H,3,4);/q;;+1/p-1. The van der Waals surface area contributed by atoms with Gasteiger partial charge in [0.25, 0.3) is 0 Å². The average molecular weight is 396 g/mol. The van der Waals surface area contributed by atoms with Gasteiger partial charge in [0.05, 0.1) is 0 Å². The molecule has 0 saturated carbocycles. The molecule has 0 amide bonds. The van der Waals surface area contributed by atoms with Crippen LogP contribution >= 0.6 is 0 Å². The van der Waals surface area contributed by atoms with Gasteiger partial charge < -0.3 is 0 Å². The van der Waals surface area contributed by atoms with Gasteiger partial charge in [-0.2, -0.15) is 0 Å². The number of nitrogen functional groups attached to an aromatic ring is 1. The molecule has 0 spiro atoms. The van der Waals surface area contributed by atoms with Crippen molar-refractivity contribution in [1.82, 2.24) is 0 Å². The van der Waals surface area contributed by atoms with Gasteiger partial charge in [-0.15, -0.1) is 0 Å². The molecule has 76 valence electrons. The fraction of sp³-hybridized carbons (Fsp3) is 0.111. The van der Waals surface area contributed by atoms with E-state index in [1.165, 1.54) is 13.0 Å². The molecule has 0 unspecified atom stereocenters. The molecule has 0 radical (unpaired) electrons. The summed E-state index contributed by atoms with van der Waals surface area (Å²) in [6.45, 7) is 1.31. The predicted molar refractivity (Wildman–Crippen MR) is 49.2 cm³/mol. The van der Waals surface area contributed by atoms with Crippen LogP contribution in [0.2, 0.25) is 0 Å². The topological polar surface area (TPSA) is 89.6 Å². The molecule has 0 fully saturated rings. The van der Waals surface area contributed by atoms with Gasteiger partial charge in [-0.3, -0.25) is 0 Å². The zero-order chi connectivity index (χ0) is 11.4. The van der Waals surface area contributed by atoms with Gasteiger partial charge in [-0.05, 0) is 0 Å². The molecule has 0 aliphatic rings. The zero-order valence-electron chi connectivity index (χ0n) is 8.19. The zero-order valence-corrected chi connectivity index (χ0v) is 13.7. The van der Waals surface area contributed by atoms with Crippen molar-refractivity contribution < 1.29 is 42.4 Å². The Bertz CT molecular complexity index is 405. The van der Waals surface area contributed by atoms with E-state index in [1.54, 1.807) is 12.1 Å². The van der Waals surface area contributed by atoms with Gasteiger partial charge in [0, 0.05) is 0 Å². The molecule has 1 rings (SSSR count). The minimum atomic E-state index is -2.13. The van der Waals surface area contributed by atoms with Crippen LogP contribution in [0.3, 0.4) is 0 Å². The molecule has 0 bridgehead atoms. The van der Waals surface area contributed by atoms with Crippen molar-refractivity contribution in [3.63, 3.8) is 0 Å². The number of carboxylic acid groups (broad SMARTS) is 1. The van der Waals surface area contributed by atoms with Crippen LogP contribution in [0.25, 0.3) is 0 Å². The number of carboxylic acids is 1. The average Bonchev–Trinajstić information content (AvgIpc) is 2.13. The van der Waals surface area contributed by atoms with Gasteiger partial charge in [-0.25, -0.2) is 0 Å². The van der Waals surface area contributed by atoms with E-state index < -0.39 is 31.0 Å². The third-order valence-electron chi connectivity index (χ3n) is 1.83. The molecule has 5 nitrogen and oxygen atoms in total.